The van der Waals surface area contributed by atoms with E-state index in [0.29, 0.717) is 13.1 Å². The Hall–Kier alpha value is -0.610. The zero-order chi connectivity index (χ0) is 12.2. The minimum atomic E-state index is -0.873. The number of nitrogens with two attached hydrogens (primary N) is 1. The quantitative estimate of drug-likeness (QED) is 0.707. The molecule has 0 aromatic rings. The van der Waals surface area contributed by atoms with Crippen molar-refractivity contribution in [2.24, 2.45) is 11.7 Å². The summed E-state index contributed by atoms with van der Waals surface area (Å²) >= 11 is 0. The normalized spacial score (nSPS) is 14.1. The highest BCUT2D eigenvalue weighted by atomic mass is 16.3. The predicted octanol–water partition coefficient (Wildman–Crippen LogP) is 0.589. The summed E-state index contributed by atoms with van der Waals surface area (Å²) in [6, 6.07) is -0.479. The van der Waals surface area contributed by atoms with Gasteiger partial charge in [0.15, 0.2) is 0 Å². The molecule has 4 nitrogen and oxygen atoms in total. The van der Waals surface area contributed by atoms with Crippen LogP contribution in [0.15, 0.2) is 0 Å². The molecule has 0 saturated carbocycles. The fourth-order valence-corrected chi connectivity index (χ4v) is 1.31. The first-order chi connectivity index (χ1) is 6.69. The second-order valence-electron chi connectivity index (χ2n) is 4.93. The molecule has 90 valence electrons. The molecule has 0 aromatic carbocycles. The molecular formula is C11H24N2O2. The number of hydrogen-bond donors (Lipinski definition) is 2. The summed E-state index contributed by atoms with van der Waals surface area (Å²) in [7, 11) is 0. The van der Waals surface area contributed by atoms with Gasteiger partial charge in [0.1, 0.15) is 0 Å². The number of aliphatic hydroxyl groups is 1. The number of nitrogens with zero attached hydrogens (tertiary/aromatic N) is 1. The van der Waals surface area contributed by atoms with Crippen LogP contribution in [0.2, 0.25) is 0 Å². The second kappa shape index (κ2) is 5.47. The van der Waals surface area contributed by atoms with Crippen molar-refractivity contribution in [1.29, 1.82) is 0 Å². The molecule has 0 heterocycles. The average Bonchev–Trinajstić information content (AvgIpc) is 2.10. The monoisotopic (exact) mass is 216 g/mol. The Bertz CT molecular complexity index is 209. The molecule has 1 amide bonds. The Labute approximate surface area is 92.4 Å². The zero-order valence-corrected chi connectivity index (χ0v) is 10.4. The number of rotatable bonds is 5. The van der Waals surface area contributed by atoms with Crippen LogP contribution in [0.1, 0.15) is 34.6 Å². The Balaban J connectivity index is 4.48. The molecule has 0 saturated heterocycles. The van der Waals surface area contributed by atoms with E-state index in [9.17, 15) is 9.90 Å². The van der Waals surface area contributed by atoms with Crippen LogP contribution < -0.4 is 5.73 Å². The summed E-state index contributed by atoms with van der Waals surface area (Å²) in [5, 5.41) is 9.65. The fraction of sp³-hybridized carbons (Fsp3) is 0.909. The maximum absolute atomic E-state index is 11.9. The third-order valence-corrected chi connectivity index (χ3v) is 2.27. The van der Waals surface area contributed by atoms with Gasteiger partial charge in [0.05, 0.1) is 11.6 Å². The molecule has 0 aliphatic carbocycles. The standard InChI is InChI=1S/C11H24N2O2/c1-6-13(7-11(4,5)15)10(14)9(12)8(2)3/h8-9,15H,6-7,12H2,1-5H3. The van der Waals surface area contributed by atoms with E-state index in [1.807, 2.05) is 20.8 Å². The van der Waals surface area contributed by atoms with Gasteiger partial charge in [-0.15, -0.1) is 0 Å². The number of amides is 1. The predicted molar refractivity (Wildman–Crippen MR) is 61.4 cm³/mol. The van der Waals surface area contributed by atoms with E-state index in [2.05, 4.69) is 0 Å². The molecule has 1 atom stereocenters. The summed E-state index contributed by atoms with van der Waals surface area (Å²) in [6.07, 6.45) is 0. The van der Waals surface area contributed by atoms with E-state index in [0.717, 1.165) is 0 Å². The molecule has 0 fully saturated rings. The van der Waals surface area contributed by atoms with Crippen molar-refractivity contribution in [3.63, 3.8) is 0 Å². The van der Waals surface area contributed by atoms with Gasteiger partial charge in [0.2, 0.25) is 5.91 Å². The average molecular weight is 216 g/mol. The van der Waals surface area contributed by atoms with Gasteiger partial charge in [-0.2, -0.15) is 0 Å². The van der Waals surface area contributed by atoms with Crippen LogP contribution in [0.4, 0.5) is 0 Å². The van der Waals surface area contributed by atoms with E-state index in [-0.39, 0.29) is 11.8 Å². The first-order valence-corrected chi connectivity index (χ1v) is 5.45. The van der Waals surface area contributed by atoms with Crippen molar-refractivity contribution in [2.75, 3.05) is 13.1 Å². The van der Waals surface area contributed by atoms with E-state index in [4.69, 9.17) is 5.73 Å². The maximum atomic E-state index is 11.9. The molecule has 0 spiro atoms. The Morgan fingerprint density at radius 3 is 2.20 bits per heavy atom. The van der Waals surface area contributed by atoms with Crippen LogP contribution >= 0.6 is 0 Å². The lowest BCUT2D eigenvalue weighted by atomic mass is 10.0. The topological polar surface area (TPSA) is 66.6 Å². The Morgan fingerprint density at radius 1 is 1.47 bits per heavy atom. The van der Waals surface area contributed by atoms with E-state index in [1.165, 1.54) is 0 Å². The van der Waals surface area contributed by atoms with Crippen LogP contribution in [0.25, 0.3) is 0 Å². The molecule has 0 aromatic heterocycles. The van der Waals surface area contributed by atoms with Gasteiger partial charge in [-0.3, -0.25) is 4.79 Å². The van der Waals surface area contributed by atoms with Crippen LogP contribution in [0, 0.1) is 5.92 Å². The van der Waals surface area contributed by atoms with Crippen molar-refractivity contribution in [2.45, 2.75) is 46.3 Å². The molecule has 3 N–H and O–H groups in total. The van der Waals surface area contributed by atoms with Crippen molar-refractivity contribution in [3.8, 4) is 0 Å². The van der Waals surface area contributed by atoms with Gasteiger partial charge >= 0.3 is 0 Å². The maximum Gasteiger partial charge on any atom is 0.239 e. The molecule has 0 rings (SSSR count). The molecular weight excluding hydrogens is 192 g/mol. The Morgan fingerprint density at radius 2 is 1.93 bits per heavy atom. The molecule has 4 heteroatoms. The van der Waals surface area contributed by atoms with Crippen molar-refractivity contribution < 1.29 is 9.90 Å². The Kier molecular flexibility index (Phi) is 5.24. The van der Waals surface area contributed by atoms with Crippen LogP contribution in [0.5, 0.6) is 0 Å². The summed E-state index contributed by atoms with van der Waals surface area (Å²) in [6.45, 7) is 9.98. The molecule has 0 aliphatic rings. The smallest absolute Gasteiger partial charge is 0.239 e. The molecule has 0 aliphatic heterocycles. The van der Waals surface area contributed by atoms with Crippen LogP contribution in [-0.2, 0) is 4.79 Å². The third-order valence-electron chi connectivity index (χ3n) is 2.27. The fourth-order valence-electron chi connectivity index (χ4n) is 1.31. The van der Waals surface area contributed by atoms with Crippen molar-refractivity contribution in [3.05, 3.63) is 0 Å². The summed E-state index contributed by atoms with van der Waals surface area (Å²) in [5.74, 6) is 0.0305. The number of carbonyl (C=O) groups is 1. The van der Waals surface area contributed by atoms with E-state index in [1.54, 1.807) is 18.7 Å². The second-order valence-corrected chi connectivity index (χ2v) is 4.93. The van der Waals surface area contributed by atoms with Gasteiger partial charge < -0.3 is 15.7 Å². The lowest BCUT2D eigenvalue weighted by molar-refractivity contribution is -0.136. The van der Waals surface area contributed by atoms with Gasteiger partial charge in [0.25, 0.3) is 0 Å². The van der Waals surface area contributed by atoms with Gasteiger partial charge in [-0.1, -0.05) is 13.8 Å². The number of carbonyl (C=O) groups excluding carboxylic acids is 1. The molecule has 0 bridgehead atoms. The van der Waals surface area contributed by atoms with Crippen molar-refractivity contribution >= 4 is 5.91 Å². The van der Waals surface area contributed by atoms with Crippen LogP contribution in [0.3, 0.4) is 0 Å². The molecule has 15 heavy (non-hydrogen) atoms. The highest BCUT2D eigenvalue weighted by Gasteiger charge is 2.26. The first kappa shape index (κ1) is 14.4. The summed E-state index contributed by atoms with van der Waals surface area (Å²) in [5.41, 5.74) is 4.91. The summed E-state index contributed by atoms with van der Waals surface area (Å²) in [4.78, 5) is 13.5. The highest BCUT2D eigenvalue weighted by Crippen LogP contribution is 2.09. The first-order valence-electron chi connectivity index (χ1n) is 5.45. The lowest BCUT2D eigenvalue weighted by Gasteiger charge is -2.31. The van der Waals surface area contributed by atoms with Crippen molar-refractivity contribution in [1.82, 2.24) is 4.90 Å². The van der Waals surface area contributed by atoms with E-state index < -0.39 is 11.6 Å². The number of hydrogen-bond acceptors (Lipinski definition) is 3. The largest absolute Gasteiger partial charge is 0.389 e. The van der Waals surface area contributed by atoms with Gasteiger partial charge in [-0.25, -0.2) is 0 Å². The number of likely N-dealkylation sites (N-methyl/N-ethyl adjacent to an activating group) is 1. The van der Waals surface area contributed by atoms with E-state index >= 15 is 0 Å². The third kappa shape index (κ3) is 5.14. The minimum absolute atomic E-state index is 0.0883. The SMILES string of the molecule is CCN(CC(C)(C)O)C(=O)C(N)C(C)C. The van der Waals surface area contributed by atoms with Gasteiger partial charge in [-0.05, 0) is 26.7 Å². The lowest BCUT2D eigenvalue weighted by Crippen LogP contribution is -2.50. The summed E-state index contributed by atoms with van der Waals surface area (Å²) < 4.78 is 0. The zero-order valence-electron chi connectivity index (χ0n) is 10.4. The molecule has 0 radical (unpaired) electrons. The van der Waals surface area contributed by atoms with Gasteiger partial charge in [0, 0.05) is 13.1 Å². The highest BCUT2D eigenvalue weighted by molar-refractivity contribution is 5.81. The van der Waals surface area contributed by atoms with Crippen LogP contribution in [-0.4, -0.2) is 40.6 Å². The molecule has 1 unspecified atom stereocenters. The minimum Gasteiger partial charge on any atom is -0.389 e.